The molecule has 0 unspecified atom stereocenters. The molecule has 0 fully saturated rings. The second kappa shape index (κ2) is 9.22. The van der Waals surface area contributed by atoms with E-state index in [1.807, 2.05) is 68.4 Å². The predicted molar refractivity (Wildman–Crippen MR) is 122 cm³/mol. The Hall–Kier alpha value is -3.67. The van der Waals surface area contributed by atoms with Crippen LogP contribution in [0.3, 0.4) is 0 Å². The van der Waals surface area contributed by atoms with Crippen molar-refractivity contribution in [3.05, 3.63) is 77.4 Å². The predicted octanol–water partition coefficient (Wildman–Crippen LogP) is 3.91. The minimum atomic E-state index is -0.0808. The van der Waals surface area contributed by atoms with Crippen molar-refractivity contribution in [3.63, 3.8) is 0 Å². The maximum absolute atomic E-state index is 13.1. The SMILES string of the molecule is Cc1ccc(OCCOc2ccc(N)cc2N)c(C(=O)c2ccc(N(C)C)cc2)c1. The Morgan fingerprint density at radius 3 is 2.13 bits per heavy atom. The maximum atomic E-state index is 13.1. The Balaban J connectivity index is 1.69. The molecule has 0 amide bonds. The van der Waals surface area contributed by atoms with Crippen LogP contribution in [0.5, 0.6) is 11.5 Å². The molecule has 6 heteroatoms. The van der Waals surface area contributed by atoms with Crippen LogP contribution in [0.15, 0.2) is 60.7 Å². The van der Waals surface area contributed by atoms with E-state index in [1.165, 1.54) is 0 Å². The van der Waals surface area contributed by atoms with Gasteiger partial charge in [0.1, 0.15) is 24.7 Å². The number of rotatable bonds is 8. The zero-order chi connectivity index (χ0) is 21.7. The van der Waals surface area contributed by atoms with Crippen molar-refractivity contribution >= 4 is 22.8 Å². The van der Waals surface area contributed by atoms with Crippen LogP contribution in [-0.2, 0) is 0 Å². The van der Waals surface area contributed by atoms with Crippen molar-refractivity contribution in [2.75, 3.05) is 43.7 Å². The maximum Gasteiger partial charge on any atom is 0.196 e. The highest BCUT2D eigenvalue weighted by Crippen LogP contribution is 2.26. The van der Waals surface area contributed by atoms with E-state index >= 15 is 0 Å². The molecule has 0 aliphatic heterocycles. The minimum Gasteiger partial charge on any atom is -0.489 e. The van der Waals surface area contributed by atoms with Crippen molar-refractivity contribution in [2.45, 2.75) is 6.92 Å². The van der Waals surface area contributed by atoms with E-state index in [2.05, 4.69) is 0 Å². The van der Waals surface area contributed by atoms with Gasteiger partial charge in [0.15, 0.2) is 5.78 Å². The number of benzene rings is 3. The summed E-state index contributed by atoms with van der Waals surface area (Å²) in [6, 6.07) is 18.2. The molecule has 30 heavy (non-hydrogen) atoms. The number of nitrogens with zero attached hydrogens (tertiary/aromatic N) is 1. The van der Waals surface area contributed by atoms with Gasteiger partial charge >= 0.3 is 0 Å². The third-order valence-corrected chi connectivity index (χ3v) is 4.66. The number of nitrogens with two attached hydrogens (primary N) is 2. The lowest BCUT2D eigenvalue weighted by Gasteiger charge is -2.15. The smallest absolute Gasteiger partial charge is 0.196 e. The summed E-state index contributed by atoms with van der Waals surface area (Å²) in [6.45, 7) is 2.50. The summed E-state index contributed by atoms with van der Waals surface area (Å²) in [5.41, 5.74) is 15.8. The molecule has 0 saturated heterocycles. The Morgan fingerprint density at radius 1 is 0.867 bits per heavy atom. The number of carbonyl (C=O) groups is 1. The highest BCUT2D eigenvalue weighted by molar-refractivity contribution is 6.11. The first-order chi connectivity index (χ1) is 14.3. The van der Waals surface area contributed by atoms with Gasteiger partial charge in [0.25, 0.3) is 0 Å². The molecule has 3 rings (SSSR count). The van der Waals surface area contributed by atoms with Crippen LogP contribution < -0.4 is 25.8 Å². The highest BCUT2D eigenvalue weighted by atomic mass is 16.5. The van der Waals surface area contributed by atoms with E-state index in [4.69, 9.17) is 20.9 Å². The zero-order valence-corrected chi connectivity index (χ0v) is 17.5. The Labute approximate surface area is 177 Å². The fourth-order valence-electron chi connectivity index (χ4n) is 3.02. The molecule has 3 aromatic rings. The van der Waals surface area contributed by atoms with Crippen molar-refractivity contribution in [1.82, 2.24) is 0 Å². The summed E-state index contributed by atoms with van der Waals surface area (Å²) < 4.78 is 11.5. The second-order valence-electron chi connectivity index (χ2n) is 7.26. The number of hydrogen-bond acceptors (Lipinski definition) is 6. The van der Waals surface area contributed by atoms with E-state index in [0.717, 1.165) is 11.3 Å². The number of anilines is 3. The van der Waals surface area contributed by atoms with Crippen LogP contribution >= 0.6 is 0 Å². The third-order valence-electron chi connectivity index (χ3n) is 4.66. The number of aryl methyl sites for hydroxylation is 1. The number of nitrogen functional groups attached to an aromatic ring is 2. The molecular formula is C24H27N3O3. The van der Waals surface area contributed by atoms with Gasteiger partial charge < -0.3 is 25.8 Å². The van der Waals surface area contributed by atoms with Gasteiger partial charge in [-0.25, -0.2) is 0 Å². The topological polar surface area (TPSA) is 90.8 Å². The van der Waals surface area contributed by atoms with E-state index in [-0.39, 0.29) is 19.0 Å². The van der Waals surface area contributed by atoms with Crippen LogP contribution in [0.25, 0.3) is 0 Å². The van der Waals surface area contributed by atoms with Crippen LogP contribution in [0.4, 0.5) is 17.1 Å². The lowest BCUT2D eigenvalue weighted by molar-refractivity contribution is 0.103. The van der Waals surface area contributed by atoms with Crippen molar-refractivity contribution in [2.24, 2.45) is 0 Å². The normalized spacial score (nSPS) is 10.5. The summed E-state index contributed by atoms with van der Waals surface area (Å²) in [5.74, 6) is 0.993. The van der Waals surface area contributed by atoms with Crippen LogP contribution in [0.1, 0.15) is 21.5 Å². The van der Waals surface area contributed by atoms with Gasteiger partial charge in [0, 0.05) is 31.0 Å². The van der Waals surface area contributed by atoms with Gasteiger partial charge in [-0.3, -0.25) is 4.79 Å². The molecular weight excluding hydrogens is 378 g/mol. The van der Waals surface area contributed by atoms with E-state index in [9.17, 15) is 4.79 Å². The molecule has 0 aliphatic carbocycles. The van der Waals surface area contributed by atoms with Crippen LogP contribution in [-0.4, -0.2) is 33.1 Å². The number of carbonyl (C=O) groups excluding carboxylic acids is 1. The first-order valence-electron chi connectivity index (χ1n) is 9.68. The quantitative estimate of drug-likeness (QED) is 0.335. The zero-order valence-electron chi connectivity index (χ0n) is 17.5. The van der Waals surface area contributed by atoms with Crippen molar-refractivity contribution in [3.8, 4) is 11.5 Å². The average molecular weight is 405 g/mol. The molecule has 3 aromatic carbocycles. The van der Waals surface area contributed by atoms with Gasteiger partial charge in [-0.2, -0.15) is 0 Å². The van der Waals surface area contributed by atoms with Gasteiger partial charge in [-0.1, -0.05) is 11.6 Å². The number of ether oxygens (including phenoxy) is 2. The lowest BCUT2D eigenvalue weighted by atomic mass is 10.0. The Morgan fingerprint density at radius 2 is 1.50 bits per heavy atom. The molecule has 4 N–H and O–H groups in total. The molecule has 0 aromatic heterocycles. The molecule has 0 spiro atoms. The monoisotopic (exact) mass is 405 g/mol. The molecule has 0 aliphatic rings. The van der Waals surface area contributed by atoms with Gasteiger partial charge in [-0.05, 0) is 61.5 Å². The van der Waals surface area contributed by atoms with E-state index in [0.29, 0.717) is 34.0 Å². The first-order valence-corrected chi connectivity index (χ1v) is 9.68. The van der Waals surface area contributed by atoms with Crippen LogP contribution in [0, 0.1) is 6.92 Å². The summed E-state index contributed by atoms with van der Waals surface area (Å²) in [7, 11) is 3.92. The number of ketones is 1. The molecule has 0 atom stereocenters. The minimum absolute atomic E-state index is 0.0808. The second-order valence-corrected chi connectivity index (χ2v) is 7.26. The summed E-state index contributed by atoms with van der Waals surface area (Å²) in [5, 5.41) is 0. The van der Waals surface area contributed by atoms with Crippen molar-refractivity contribution < 1.29 is 14.3 Å². The highest BCUT2D eigenvalue weighted by Gasteiger charge is 2.15. The van der Waals surface area contributed by atoms with Crippen LogP contribution in [0.2, 0.25) is 0 Å². The van der Waals surface area contributed by atoms with E-state index < -0.39 is 0 Å². The third kappa shape index (κ3) is 5.03. The Bertz CT molecular complexity index is 1030. The molecule has 6 nitrogen and oxygen atoms in total. The molecule has 0 radical (unpaired) electrons. The fraction of sp³-hybridized carbons (Fsp3) is 0.208. The molecule has 0 bridgehead atoms. The largest absolute Gasteiger partial charge is 0.489 e. The summed E-state index contributed by atoms with van der Waals surface area (Å²) >= 11 is 0. The summed E-state index contributed by atoms with van der Waals surface area (Å²) in [4.78, 5) is 15.1. The van der Waals surface area contributed by atoms with Crippen molar-refractivity contribution in [1.29, 1.82) is 0 Å². The molecule has 0 heterocycles. The molecule has 156 valence electrons. The van der Waals surface area contributed by atoms with Gasteiger partial charge in [0.2, 0.25) is 0 Å². The van der Waals surface area contributed by atoms with Gasteiger partial charge in [-0.15, -0.1) is 0 Å². The fourth-order valence-corrected chi connectivity index (χ4v) is 3.02. The Kier molecular flexibility index (Phi) is 6.47. The average Bonchev–Trinajstić information content (AvgIpc) is 2.72. The number of hydrogen-bond donors (Lipinski definition) is 2. The first kappa shape index (κ1) is 21.0. The standard InChI is InChI=1S/C24H27N3O3/c1-16-4-10-22(29-12-13-30-23-11-7-18(25)15-21(23)26)20(14-16)24(28)17-5-8-19(9-6-17)27(2)3/h4-11,14-15H,12-13,25-26H2,1-3H3. The lowest BCUT2D eigenvalue weighted by Crippen LogP contribution is -2.13. The van der Waals surface area contributed by atoms with E-state index in [1.54, 1.807) is 18.2 Å². The van der Waals surface area contributed by atoms with Gasteiger partial charge in [0.05, 0.1) is 11.3 Å². The molecule has 0 saturated carbocycles. The summed E-state index contributed by atoms with van der Waals surface area (Å²) in [6.07, 6.45) is 0.